The van der Waals surface area contributed by atoms with Crippen LogP contribution >= 0.6 is 0 Å². The number of aromatic nitrogens is 1. The summed E-state index contributed by atoms with van der Waals surface area (Å²) in [4.78, 5) is 16.5. The maximum Gasteiger partial charge on any atom is 0.270 e. The standard InChI is InChI=1S/C17H23N3O/c1-17(2)10-4-3-7-15(17)20-16(21)14-9-8-13(12-19-14)6-5-11-18/h8-9,12,15H,3-4,7,10-11,18H2,1-2H3,(H,20,21). The van der Waals surface area contributed by atoms with Crippen molar-refractivity contribution in [2.45, 2.75) is 45.6 Å². The number of amides is 1. The van der Waals surface area contributed by atoms with Gasteiger partial charge in [0.05, 0.1) is 6.54 Å². The largest absolute Gasteiger partial charge is 0.347 e. The normalized spacial score (nSPS) is 20.2. The van der Waals surface area contributed by atoms with Crippen LogP contribution in [0.15, 0.2) is 18.3 Å². The van der Waals surface area contributed by atoms with Crippen LogP contribution in [-0.4, -0.2) is 23.5 Å². The van der Waals surface area contributed by atoms with Crippen molar-refractivity contribution in [2.75, 3.05) is 6.54 Å². The molecule has 4 nitrogen and oxygen atoms in total. The Morgan fingerprint density at radius 3 is 2.90 bits per heavy atom. The molecule has 1 aromatic heterocycles. The maximum absolute atomic E-state index is 12.3. The Morgan fingerprint density at radius 1 is 1.48 bits per heavy atom. The van der Waals surface area contributed by atoms with Crippen LogP contribution in [0, 0.1) is 17.3 Å². The monoisotopic (exact) mass is 285 g/mol. The van der Waals surface area contributed by atoms with Crippen molar-refractivity contribution in [3.8, 4) is 11.8 Å². The van der Waals surface area contributed by atoms with Gasteiger partial charge in [0.25, 0.3) is 5.91 Å². The van der Waals surface area contributed by atoms with Crippen LogP contribution in [0.3, 0.4) is 0 Å². The van der Waals surface area contributed by atoms with E-state index in [-0.39, 0.29) is 17.4 Å². The first kappa shape index (κ1) is 15.5. The van der Waals surface area contributed by atoms with E-state index in [0.29, 0.717) is 12.2 Å². The highest BCUT2D eigenvalue weighted by Crippen LogP contribution is 2.35. The van der Waals surface area contributed by atoms with Crippen molar-refractivity contribution in [1.29, 1.82) is 0 Å². The van der Waals surface area contributed by atoms with Gasteiger partial charge in [0, 0.05) is 17.8 Å². The molecule has 1 unspecified atom stereocenters. The van der Waals surface area contributed by atoms with Crippen LogP contribution in [-0.2, 0) is 0 Å². The Kier molecular flexibility index (Phi) is 4.98. The van der Waals surface area contributed by atoms with Crippen LogP contribution in [0.5, 0.6) is 0 Å². The molecular weight excluding hydrogens is 262 g/mol. The summed E-state index contributed by atoms with van der Waals surface area (Å²) in [7, 11) is 0. The third-order valence-corrected chi connectivity index (χ3v) is 4.14. The van der Waals surface area contributed by atoms with E-state index in [1.54, 1.807) is 18.3 Å². The Hall–Kier alpha value is -1.86. The first-order valence-electron chi connectivity index (χ1n) is 7.49. The van der Waals surface area contributed by atoms with Crippen molar-refractivity contribution >= 4 is 5.91 Å². The highest BCUT2D eigenvalue weighted by atomic mass is 16.1. The molecule has 1 heterocycles. The van der Waals surface area contributed by atoms with Crippen molar-refractivity contribution in [2.24, 2.45) is 11.1 Å². The molecule has 1 fully saturated rings. The van der Waals surface area contributed by atoms with E-state index in [1.807, 2.05) is 0 Å². The number of pyridine rings is 1. The summed E-state index contributed by atoms with van der Waals surface area (Å²) < 4.78 is 0. The van der Waals surface area contributed by atoms with Gasteiger partial charge in [0.1, 0.15) is 5.69 Å². The van der Waals surface area contributed by atoms with Crippen LogP contribution < -0.4 is 11.1 Å². The number of carbonyl (C=O) groups excluding carboxylic acids is 1. The van der Waals surface area contributed by atoms with Crippen molar-refractivity contribution in [3.63, 3.8) is 0 Å². The third-order valence-electron chi connectivity index (χ3n) is 4.14. The molecular formula is C17H23N3O. The van der Waals surface area contributed by atoms with Gasteiger partial charge in [-0.2, -0.15) is 0 Å². The minimum Gasteiger partial charge on any atom is -0.347 e. The molecule has 1 saturated carbocycles. The van der Waals surface area contributed by atoms with Gasteiger partial charge in [-0.3, -0.25) is 4.79 Å². The zero-order valence-corrected chi connectivity index (χ0v) is 12.8. The fraction of sp³-hybridized carbons (Fsp3) is 0.529. The Bertz CT molecular complexity index is 552. The zero-order chi connectivity index (χ0) is 15.3. The Balaban J connectivity index is 2.03. The number of carbonyl (C=O) groups is 1. The molecule has 1 aliphatic rings. The van der Waals surface area contributed by atoms with E-state index < -0.39 is 0 Å². The van der Waals surface area contributed by atoms with Gasteiger partial charge in [-0.15, -0.1) is 0 Å². The molecule has 112 valence electrons. The van der Waals surface area contributed by atoms with E-state index in [0.717, 1.165) is 18.4 Å². The minimum absolute atomic E-state index is 0.103. The van der Waals surface area contributed by atoms with E-state index in [1.165, 1.54) is 12.8 Å². The molecule has 1 aromatic rings. The molecule has 3 N–H and O–H groups in total. The lowest BCUT2D eigenvalue weighted by molar-refractivity contribution is 0.0848. The van der Waals surface area contributed by atoms with Gasteiger partial charge >= 0.3 is 0 Å². The van der Waals surface area contributed by atoms with Crippen molar-refractivity contribution in [1.82, 2.24) is 10.3 Å². The van der Waals surface area contributed by atoms with E-state index in [2.05, 4.69) is 36.0 Å². The summed E-state index contributed by atoms with van der Waals surface area (Å²) in [6, 6.07) is 3.74. The molecule has 0 aromatic carbocycles. The number of hydrogen-bond acceptors (Lipinski definition) is 3. The second kappa shape index (κ2) is 6.73. The second-order valence-electron chi connectivity index (χ2n) is 6.20. The summed E-state index contributed by atoms with van der Waals surface area (Å²) in [5, 5.41) is 3.13. The number of nitrogens with zero attached hydrogens (tertiary/aromatic N) is 1. The fourth-order valence-electron chi connectivity index (χ4n) is 2.75. The van der Waals surface area contributed by atoms with Crippen LogP contribution in [0.2, 0.25) is 0 Å². The molecule has 0 saturated heterocycles. The number of nitrogens with one attached hydrogen (secondary N) is 1. The maximum atomic E-state index is 12.3. The molecule has 1 atom stereocenters. The number of nitrogens with two attached hydrogens (primary N) is 1. The molecule has 0 aliphatic heterocycles. The Labute approximate surface area is 126 Å². The molecule has 2 rings (SSSR count). The molecule has 0 radical (unpaired) electrons. The highest BCUT2D eigenvalue weighted by molar-refractivity contribution is 5.92. The molecule has 4 heteroatoms. The minimum atomic E-state index is -0.103. The van der Waals surface area contributed by atoms with Crippen molar-refractivity contribution in [3.05, 3.63) is 29.6 Å². The summed E-state index contributed by atoms with van der Waals surface area (Å²) >= 11 is 0. The van der Waals surface area contributed by atoms with Gasteiger partial charge in [-0.1, -0.05) is 38.5 Å². The van der Waals surface area contributed by atoms with Gasteiger partial charge in [0.15, 0.2) is 0 Å². The first-order valence-corrected chi connectivity index (χ1v) is 7.49. The lowest BCUT2D eigenvalue weighted by Crippen LogP contribution is -2.47. The van der Waals surface area contributed by atoms with Crippen molar-refractivity contribution < 1.29 is 4.79 Å². The average Bonchev–Trinajstić information content (AvgIpc) is 2.47. The number of rotatable bonds is 2. The van der Waals surface area contributed by atoms with E-state index >= 15 is 0 Å². The average molecular weight is 285 g/mol. The SMILES string of the molecule is CC1(C)CCCCC1NC(=O)c1ccc(C#CCN)cn1. The predicted octanol–water partition coefficient (Wildman–Crippen LogP) is 2.09. The van der Waals surface area contributed by atoms with Gasteiger partial charge in [-0.25, -0.2) is 4.98 Å². The van der Waals surface area contributed by atoms with Gasteiger partial charge < -0.3 is 11.1 Å². The zero-order valence-electron chi connectivity index (χ0n) is 12.8. The van der Waals surface area contributed by atoms with Crippen LogP contribution in [0.25, 0.3) is 0 Å². The van der Waals surface area contributed by atoms with Crippen LogP contribution in [0.4, 0.5) is 0 Å². The third kappa shape index (κ3) is 4.05. The molecule has 0 spiro atoms. The fourth-order valence-corrected chi connectivity index (χ4v) is 2.75. The summed E-state index contributed by atoms with van der Waals surface area (Å²) in [6.45, 7) is 4.76. The van der Waals surface area contributed by atoms with Gasteiger partial charge in [0.2, 0.25) is 0 Å². The lowest BCUT2D eigenvalue weighted by Gasteiger charge is -2.38. The van der Waals surface area contributed by atoms with Crippen LogP contribution in [0.1, 0.15) is 55.6 Å². The smallest absolute Gasteiger partial charge is 0.270 e. The molecule has 21 heavy (non-hydrogen) atoms. The van der Waals surface area contributed by atoms with E-state index in [4.69, 9.17) is 5.73 Å². The molecule has 1 aliphatic carbocycles. The lowest BCUT2D eigenvalue weighted by atomic mass is 9.73. The highest BCUT2D eigenvalue weighted by Gasteiger charge is 2.33. The molecule has 1 amide bonds. The van der Waals surface area contributed by atoms with E-state index in [9.17, 15) is 4.79 Å². The summed E-state index contributed by atoms with van der Waals surface area (Å²) in [5.41, 5.74) is 6.69. The summed E-state index contributed by atoms with van der Waals surface area (Å²) in [6.07, 6.45) is 6.23. The topological polar surface area (TPSA) is 68.0 Å². The first-order chi connectivity index (χ1) is 10.0. The Morgan fingerprint density at radius 2 is 2.29 bits per heavy atom. The quantitative estimate of drug-likeness (QED) is 0.818. The predicted molar refractivity (Wildman–Crippen MR) is 83.7 cm³/mol. The molecule has 0 bridgehead atoms. The number of hydrogen-bond donors (Lipinski definition) is 2. The van der Waals surface area contributed by atoms with Gasteiger partial charge in [-0.05, 0) is 30.4 Å². The summed E-state index contributed by atoms with van der Waals surface area (Å²) in [5.74, 6) is 5.56. The second-order valence-corrected chi connectivity index (χ2v) is 6.20.